The van der Waals surface area contributed by atoms with Crippen molar-refractivity contribution in [1.82, 2.24) is 15.2 Å². The first-order chi connectivity index (χ1) is 9.67. The number of unbranched alkanes of at least 4 members (excludes halogenated alkanes) is 1. The zero-order chi connectivity index (χ0) is 14.8. The SMILES string of the molecule is CCOCCCCNC(=NC)N(C)Cc1csc(C)n1. The van der Waals surface area contributed by atoms with Crippen LogP contribution in [0.5, 0.6) is 0 Å². The number of guanidine groups is 1. The molecule has 0 aliphatic carbocycles. The van der Waals surface area contributed by atoms with E-state index in [1.54, 1.807) is 11.3 Å². The predicted molar refractivity (Wildman–Crippen MR) is 85.4 cm³/mol. The predicted octanol–water partition coefficient (Wildman–Crippen LogP) is 2.28. The lowest BCUT2D eigenvalue weighted by Crippen LogP contribution is -2.39. The number of rotatable bonds is 8. The average Bonchev–Trinajstić information content (AvgIpc) is 2.83. The molecule has 0 saturated carbocycles. The molecule has 1 heterocycles. The molecular formula is C14H26N4OS. The van der Waals surface area contributed by atoms with Gasteiger partial charge in [0.15, 0.2) is 5.96 Å². The van der Waals surface area contributed by atoms with Crippen molar-refractivity contribution in [3.05, 3.63) is 16.1 Å². The number of ether oxygens (including phenoxy) is 1. The van der Waals surface area contributed by atoms with Crippen LogP contribution in [-0.4, -0.2) is 49.7 Å². The molecule has 5 nitrogen and oxygen atoms in total. The summed E-state index contributed by atoms with van der Waals surface area (Å²) >= 11 is 1.68. The first-order valence-electron chi connectivity index (χ1n) is 7.08. The molecule has 0 saturated heterocycles. The molecular weight excluding hydrogens is 272 g/mol. The highest BCUT2D eigenvalue weighted by Crippen LogP contribution is 2.09. The van der Waals surface area contributed by atoms with Crippen LogP contribution in [0.15, 0.2) is 10.4 Å². The molecule has 20 heavy (non-hydrogen) atoms. The Labute approximate surface area is 126 Å². The van der Waals surface area contributed by atoms with Gasteiger partial charge in [-0.2, -0.15) is 0 Å². The Morgan fingerprint density at radius 3 is 2.90 bits per heavy atom. The molecule has 0 aromatic carbocycles. The highest BCUT2D eigenvalue weighted by Gasteiger charge is 2.07. The second-order valence-electron chi connectivity index (χ2n) is 4.59. The molecule has 1 rings (SSSR count). The maximum atomic E-state index is 5.32. The highest BCUT2D eigenvalue weighted by molar-refractivity contribution is 7.09. The van der Waals surface area contributed by atoms with Gasteiger partial charge in [0.05, 0.1) is 17.2 Å². The van der Waals surface area contributed by atoms with Crippen LogP contribution in [0.4, 0.5) is 0 Å². The van der Waals surface area contributed by atoms with Crippen LogP contribution in [0.25, 0.3) is 0 Å². The molecule has 0 aliphatic rings. The normalized spacial score (nSPS) is 11.7. The smallest absolute Gasteiger partial charge is 0.193 e. The van der Waals surface area contributed by atoms with Crippen molar-refractivity contribution < 1.29 is 4.74 Å². The number of aryl methyl sites for hydroxylation is 1. The highest BCUT2D eigenvalue weighted by atomic mass is 32.1. The molecule has 0 atom stereocenters. The lowest BCUT2D eigenvalue weighted by molar-refractivity contribution is 0.143. The van der Waals surface area contributed by atoms with E-state index in [0.717, 1.165) is 55.8 Å². The van der Waals surface area contributed by atoms with Gasteiger partial charge in [-0.25, -0.2) is 4.98 Å². The number of thiazole rings is 1. The molecule has 0 amide bonds. The number of hydrogen-bond donors (Lipinski definition) is 1. The van der Waals surface area contributed by atoms with E-state index in [2.05, 4.69) is 25.6 Å². The van der Waals surface area contributed by atoms with Crippen LogP contribution < -0.4 is 5.32 Å². The van der Waals surface area contributed by atoms with E-state index < -0.39 is 0 Å². The summed E-state index contributed by atoms with van der Waals surface area (Å²) in [5.74, 6) is 0.909. The first kappa shape index (κ1) is 16.9. The number of aliphatic imine (C=N–C) groups is 1. The Morgan fingerprint density at radius 2 is 2.30 bits per heavy atom. The van der Waals surface area contributed by atoms with Gasteiger partial charge in [0.2, 0.25) is 0 Å². The summed E-state index contributed by atoms with van der Waals surface area (Å²) < 4.78 is 5.32. The Bertz CT molecular complexity index is 406. The van der Waals surface area contributed by atoms with Gasteiger partial charge in [0.1, 0.15) is 0 Å². The van der Waals surface area contributed by atoms with Crippen LogP contribution in [0.1, 0.15) is 30.5 Å². The van der Waals surface area contributed by atoms with Gasteiger partial charge < -0.3 is 15.0 Å². The fraction of sp³-hybridized carbons (Fsp3) is 0.714. The van der Waals surface area contributed by atoms with Crippen LogP contribution in [-0.2, 0) is 11.3 Å². The largest absolute Gasteiger partial charge is 0.382 e. The minimum Gasteiger partial charge on any atom is -0.382 e. The van der Waals surface area contributed by atoms with Gasteiger partial charge in [-0.05, 0) is 26.7 Å². The molecule has 1 N–H and O–H groups in total. The van der Waals surface area contributed by atoms with E-state index in [1.165, 1.54) is 0 Å². The van der Waals surface area contributed by atoms with Crippen LogP contribution in [0.3, 0.4) is 0 Å². The standard InChI is InChI=1S/C14H26N4OS/c1-5-19-9-7-6-8-16-14(15-3)18(4)10-13-11-20-12(2)17-13/h11H,5-10H2,1-4H3,(H,15,16). The van der Waals surface area contributed by atoms with E-state index in [4.69, 9.17) is 4.74 Å². The van der Waals surface area contributed by atoms with Gasteiger partial charge in [-0.15, -0.1) is 11.3 Å². The van der Waals surface area contributed by atoms with Crippen molar-refractivity contribution in [3.63, 3.8) is 0 Å². The Kier molecular flexibility index (Phi) is 8.22. The summed E-state index contributed by atoms with van der Waals surface area (Å²) in [4.78, 5) is 10.9. The third-order valence-electron chi connectivity index (χ3n) is 2.84. The molecule has 0 radical (unpaired) electrons. The molecule has 6 heteroatoms. The van der Waals surface area contributed by atoms with Gasteiger partial charge in [0, 0.05) is 39.2 Å². The molecule has 0 unspecified atom stereocenters. The van der Waals surface area contributed by atoms with Crippen molar-refractivity contribution in [2.75, 3.05) is 33.9 Å². The third-order valence-corrected chi connectivity index (χ3v) is 3.66. The van der Waals surface area contributed by atoms with Gasteiger partial charge in [-0.1, -0.05) is 0 Å². The quantitative estimate of drug-likeness (QED) is 0.454. The molecule has 1 aromatic rings. The van der Waals surface area contributed by atoms with E-state index >= 15 is 0 Å². The van der Waals surface area contributed by atoms with E-state index in [9.17, 15) is 0 Å². The van der Waals surface area contributed by atoms with Gasteiger partial charge in [-0.3, -0.25) is 4.99 Å². The second-order valence-corrected chi connectivity index (χ2v) is 5.65. The zero-order valence-corrected chi connectivity index (χ0v) is 13.8. The molecule has 0 bridgehead atoms. The van der Waals surface area contributed by atoms with Crippen molar-refractivity contribution in [1.29, 1.82) is 0 Å². The fourth-order valence-corrected chi connectivity index (χ4v) is 2.46. The van der Waals surface area contributed by atoms with Gasteiger partial charge >= 0.3 is 0 Å². The third kappa shape index (κ3) is 6.34. The van der Waals surface area contributed by atoms with Crippen molar-refractivity contribution in [2.24, 2.45) is 4.99 Å². The maximum absolute atomic E-state index is 5.32. The average molecular weight is 298 g/mol. The molecule has 0 aliphatic heterocycles. The number of nitrogens with zero attached hydrogens (tertiary/aromatic N) is 3. The fourth-order valence-electron chi connectivity index (χ4n) is 1.86. The number of hydrogen-bond acceptors (Lipinski definition) is 4. The summed E-state index contributed by atoms with van der Waals surface area (Å²) in [7, 11) is 3.84. The van der Waals surface area contributed by atoms with Crippen LogP contribution in [0, 0.1) is 6.92 Å². The van der Waals surface area contributed by atoms with E-state index in [1.807, 2.05) is 27.9 Å². The topological polar surface area (TPSA) is 49.8 Å². The Morgan fingerprint density at radius 1 is 1.50 bits per heavy atom. The molecule has 0 fully saturated rings. The lowest BCUT2D eigenvalue weighted by Gasteiger charge is -2.21. The summed E-state index contributed by atoms with van der Waals surface area (Å²) in [5, 5.41) is 6.57. The van der Waals surface area contributed by atoms with Crippen molar-refractivity contribution in [3.8, 4) is 0 Å². The number of aromatic nitrogens is 1. The Balaban J connectivity index is 2.27. The monoisotopic (exact) mass is 298 g/mol. The molecule has 1 aromatic heterocycles. The Hall–Kier alpha value is -1.14. The van der Waals surface area contributed by atoms with Crippen LogP contribution >= 0.6 is 11.3 Å². The summed E-state index contributed by atoms with van der Waals surface area (Å²) in [6.45, 7) is 7.38. The number of nitrogens with one attached hydrogen (secondary N) is 1. The van der Waals surface area contributed by atoms with Crippen molar-refractivity contribution >= 4 is 17.3 Å². The molecule has 114 valence electrons. The molecule has 0 spiro atoms. The van der Waals surface area contributed by atoms with Crippen LogP contribution in [0.2, 0.25) is 0 Å². The first-order valence-corrected chi connectivity index (χ1v) is 7.95. The van der Waals surface area contributed by atoms with E-state index in [0.29, 0.717) is 0 Å². The van der Waals surface area contributed by atoms with Gasteiger partial charge in [0.25, 0.3) is 0 Å². The minimum absolute atomic E-state index is 0.781. The van der Waals surface area contributed by atoms with E-state index in [-0.39, 0.29) is 0 Å². The zero-order valence-electron chi connectivity index (χ0n) is 13.0. The maximum Gasteiger partial charge on any atom is 0.193 e. The summed E-state index contributed by atoms with van der Waals surface area (Å²) in [5.41, 5.74) is 1.09. The van der Waals surface area contributed by atoms with Crippen molar-refractivity contribution in [2.45, 2.75) is 33.2 Å². The minimum atomic E-state index is 0.781. The summed E-state index contributed by atoms with van der Waals surface area (Å²) in [6, 6.07) is 0. The second kappa shape index (κ2) is 9.72. The summed E-state index contributed by atoms with van der Waals surface area (Å²) in [6.07, 6.45) is 2.16. The lowest BCUT2D eigenvalue weighted by atomic mass is 10.3.